The normalized spacial score (nSPS) is 16.3. The van der Waals surface area contributed by atoms with Crippen molar-refractivity contribution in [2.24, 2.45) is 0 Å². The Morgan fingerprint density at radius 1 is 1.11 bits per heavy atom. The van der Waals surface area contributed by atoms with E-state index in [-0.39, 0.29) is 30.5 Å². The number of hydrogen-bond acceptors (Lipinski definition) is 5. The summed E-state index contributed by atoms with van der Waals surface area (Å²) in [5.74, 6) is -0.0742. The van der Waals surface area contributed by atoms with Crippen LogP contribution in [0.15, 0.2) is 40.9 Å². The lowest BCUT2D eigenvalue weighted by Crippen LogP contribution is -2.28. The van der Waals surface area contributed by atoms with E-state index in [1.54, 1.807) is 30.0 Å². The second-order valence-electron chi connectivity index (χ2n) is 8.66. The van der Waals surface area contributed by atoms with Crippen molar-refractivity contribution in [1.29, 1.82) is 0 Å². The summed E-state index contributed by atoms with van der Waals surface area (Å²) in [6.07, 6.45) is -9.37. The van der Waals surface area contributed by atoms with Crippen LogP contribution in [-0.2, 0) is 23.6 Å². The maximum Gasteiger partial charge on any atom is 0.416 e. The van der Waals surface area contributed by atoms with Crippen molar-refractivity contribution in [2.75, 3.05) is 11.4 Å². The monoisotopic (exact) mass is 546 g/mol. The van der Waals surface area contributed by atoms with Gasteiger partial charge in [-0.25, -0.2) is 0 Å². The topological polar surface area (TPSA) is 71.3 Å². The number of aryl methyl sites for hydroxylation is 2. The van der Waals surface area contributed by atoms with Crippen molar-refractivity contribution in [1.82, 2.24) is 15.5 Å². The zero-order valence-corrected chi connectivity index (χ0v) is 20.1. The molecule has 0 fully saturated rings. The first-order chi connectivity index (χ1) is 17.3. The van der Waals surface area contributed by atoms with E-state index < -0.39 is 35.4 Å². The molecule has 1 N–H and O–H groups in total. The second-order valence-corrected chi connectivity index (χ2v) is 9.09. The van der Waals surface area contributed by atoms with Crippen molar-refractivity contribution in [2.45, 2.75) is 51.0 Å². The first-order valence-electron chi connectivity index (χ1n) is 11.3. The highest BCUT2D eigenvalue weighted by Gasteiger charge is 2.37. The lowest BCUT2D eigenvalue weighted by Gasteiger charge is -2.23. The van der Waals surface area contributed by atoms with E-state index in [1.165, 1.54) is 0 Å². The van der Waals surface area contributed by atoms with E-state index >= 15 is 0 Å². The Balaban J connectivity index is 1.52. The minimum atomic E-state index is -4.95. The summed E-state index contributed by atoms with van der Waals surface area (Å²) in [4.78, 5) is 18.8. The van der Waals surface area contributed by atoms with Gasteiger partial charge >= 0.3 is 18.4 Å². The number of nitrogens with one attached hydrogen (secondary N) is 1. The maximum absolute atomic E-state index is 13.1. The van der Waals surface area contributed by atoms with Gasteiger partial charge in [0.15, 0.2) is 5.82 Å². The van der Waals surface area contributed by atoms with E-state index in [9.17, 15) is 31.1 Å². The first kappa shape index (κ1) is 26.8. The minimum Gasteiger partial charge on any atom is -0.349 e. The molecule has 0 bridgehead atoms. The summed E-state index contributed by atoms with van der Waals surface area (Å²) < 4.78 is 84.1. The van der Waals surface area contributed by atoms with E-state index in [1.807, 2.05) is 0 Å². The molecule has 0 saturated heterocycles. The Morgan fingerprint density at radius 2 is 1.78 bits per heavy atom. The third-order valence-electron chi connectivity index (χ3n) is 5.90. The molecule has 1 unspecified atom stereocenters. The van der Waals surface area contributed by atoms with Crippen LogP contribution < -0.4 is 10.2 Å². The van der Waals surface area contributed by atoms with Gasteiger partial charge < -0.3 is 9.84 Å². The first-order valence-corrected chi connectivity index (χ1v) is 11.6. The smallest absolute Gasteiger partial charge is 0.349 e. The molecule has 1 atom stereocenters. The molecule has 3 aromatic rings. The average Bonchev–Trinajstić information content (AvgIpc) is 3.16. The van der Waals surface area contributed by atoms with E-state index in [0.717, 1.165) is 0 Å². The molecule has 0 aliphatic carbocycles. The zero-order valence-electron chi connectivity index (χ0n) is 19.4. The van der Waals surface area contributed by atoms with Crippen molar-refractivity contribution in [3.63, 3.8) is 0 Å². The van der Waals surface area contributed by atoms with Crippen molar-refractivity contribution >= 4 is 29.2 Å². The largest absolute Gasteiger partial charge is 0.416 e. The van der Waals surface area contributed by atoms with Crippen molar-refractivity contribution in [3.8, 4) is 0 Å². The van der Waals surface area contributed by atoms with Gasteiger partial charge in [-0.2, -0.15) is 31.3 Å². The number of carbonyl (C=O) groups is 1. The quantitative estimate of drug-likeness (QED) is 0.357. The fraction of sp³-hybridized carbons (Fsp3) is 0.375. The number of nitrogens with zero attached hydrogens (tertiary/aromatic N) is 3. The molecule has 1 amide bonds. The molecule has 1 aromatic heterocycles. The molecule has 2 heterocycles. The fourth-order valence-corrected chi connectivity index (χ4v) is 4.37. The van der Waals surface area contributed by atoms with Gasteiger partial charge in [0.05, 0.1) is 22.9 Å². The van der Waals surface area contributed by atoms with Crippen LogP contribution in [0, 0.1) is 6.92 Å². The minimum absolute atomic E-state index is 0.0633. The number of aromatic nitrogens is 2. The molecule has 0 saturated carbocycles. The Kier molecular flexibility index (Phi) is 7.40. The molecule has 0 spiro atoms. The predicted molar refractivity (Wildman–Crippen MR) is 122 cm³/mol. The molecular weight excluding hydrogens is 526 g/mol. The van der Waals surface area contributed by atoms with Gasteiger partial charge in [-0.15, -0.1) is 0 Å². The number of fused-ring (bicyclic) bond motifs is 1. The molecule has 13 heteroatoms. The third kappa shape index (κ3) is 6.35. The molecule has 0 radical (unpaired) electrons. The highest BCUT2D eigenvalue weighted by molar-refractivity contribution is 6.30. The Hall–Kier alpha value is -3.28. The SMILES string of the molecule is Cc1noc(N2CCCC(NC(=O)CCc3cc(C(F)(F)F)cc(C(F)(F)F)c3)c3ccc(Cl)cc32)n1. The molecule has 6 nitrogen and oxygen atoms in total. The molecular formula is C24H21ClF6N4O2. The Bertz CT molecular complexity index is 1260. The molecule has 4 rings (SSSR count). The maximum atomic E-state index is 13.1. The van der Waals surface area contributed by atoms with E-state index in [2.05, 4.69) is 15.5 Å². The molecule has 2 aromatic carbocycles. The van der Waals surface area contributed by atoms with E-state index in [4.69, 9.17) is 16.1 Å². The molecule has 37 heavy (non-hydrogen) atoms. The average molecular weight is 547 g/mol. The highest BCUT2D eigenvalue weighted by atomic mass is 35.5. The van der Waals surface area contributed by atoms with Gasteiger partial charge in [-0.3, -0.25) is 9.69 Å². The van der Waals surface area contributed by atoms with Crippen LogP contribution in [-0.4, -0.2) is 22.6 Å². The van der Waals surface area contributed by atoms with Crippen LogP contribution in [0.25, 0.3) is 0 Å². The lowest BCUT2D eigenvalue weighted by atomic mass is 9.99. The summed E-state index contributed by atoms with van der Waals surface area (Å²) in [6, 6.07) is 6.22. The Morgan fingerprint density at radius 3 is 2.38 bits per heavy atom. The fourth-order valence-electron chi connectivity index (χ4n) is 4.21. The third-order valence-corrected chi connectivity index (χ3v) is 6.14. The summed E-state index contributed by atoms with van der Waals surface area (Å²) in [6.45, 7) is 2.17. The van der Waals surface area contributed by atoms with Crippen LogP contribution in [0.3, 0.4) is 0 Å². The second kappa shape index (κ2) is 10.2. The molecule has 1 aliphatic heterocycles. The van der Waals surface area contributed by atoms with E-state index in [0.29, 0.717) is 53.6 Å². The zero-order chi connectivity index (χ0) is 27.0. The van der Waals surface area contributed by atoms with Crippen LogP contribution >= 0.6 is 11.6 Å². The van der Waals surface area contributed by atoms with Gasteiger partial charge in [-0.05, 0) is 67.6 Å². The van der Waals surface area contributed by atoms with Crippen molar-refractivity contribution < 1.29 is 35.7 Å². The number of amides is 1. The summed E-state index contributed by atoms with van der Waals surface area (Å²) in [5.41, 5.74) is -1.70. The number of carbonyl (C=O) groups excluding carboxylic acids is 1. The van der Waals surface area contributed by atoms with Gasteiger partial charge in [0, 0.05) is 18.0 Å². The molecule has 198 valence electrons. The van der Waals surface area contributed by atoms with Crippen molar-refractivity contribution in [3.05, 3.63) is 69.5 Å². The van der Waals surface area contributed by atoms with Gasteiger partial charge in [0.2, 0.25) is 5.91 Å². The number of alkyl halides is 6. The number of halogens is 7. The number of benzene rings is 2. The predicted octanol–water partition coefficient (Wildman–Crippen LogP) is 6.79. The number of hydrogen-bond donors (Lipinski definition) is 1. The summed E-state index contributed by atoms with van der Waals surface area (Å²) in [5, 5.41) is 7.10. The molecule has 1 aliphatic rings. The van der Waals surface area contributed by atoms with Crippen LogP contribution in [0.2, 0.25) is 5.02 Å². The van der Waals surface area contributed by atoms with Crippen LogP contribution in [0.1, 0.15) is 53.4 Å². The Labute approximate surface area is 212 Å². The summed E-state index contributed by atoms with van der Waals surface area (Å²) >= 11 is 6.21. The van der Waals surface area contributed by atoms with Crippen LogP contribution in [0.5, 0.6) is 0 Å². The number of rotatable bonds is 5. The van der Waals surface area contributed by atoms with Gasteiger partial charge in [0.1, 0.15) is 0 Å². The number of anilines is 2. The summed E-state index contributed by atoms with van der Waals surface area (Å²) in [7, 11) is 0. The van der Waals surface area contributed by atoms with Gasteiger partial charge in [0.25, 0.3) is 0 Å². The highest BCUT2D eigenvalue weighted by Crippen LogP contribution is 2.39. The van der Waals surface area contributed by atoms with Gasteiger partial charge in [-0.1, -0.05) is 22.8 Å². The lowest BCUT2D eigenvalue weighted by molar-refractivity contribution is -0.143. The standard InChI is InChI=1S/C24H21ClF6N4O2/c1-13-32-22(37-34-13)35-8-2-3-19(18-6-5-17(25)12-20(18)35)33-21(36)7-4-14-9-15(23(26,27)28)11-16(10-14)24(29,30)31/h5-6,9-12,19H,2-4,7-8H2,1H3,(H,33,36). The van der Waals surface area contributed by atoms with Crippen LogP contribution in [0.4, 0.5) is 38.0 Å².